The maximum Gasteiger partial charge on any atom is 0.328 e. The molecule has 0 saturated carbocycles. The third-order valence-corrected chi connectivity index (χ3v) is 4.61. The minimum absolute atomic E-state index is 0.283. The predicted octanol–water partition coefficient (Wildman–Crippen LogP) is 3.77. The van der Waals surface area contributed by atoms with Crippen LogP contribution in [0, 0.1) is 13.8 Å². The summed E-state index contributed by atoms with van der Waals surface area (Å²) < 4.78 is 3.12. The SMILES string of the molecule is CCN1C(=O)N/C(=C/c2cc(C)n(-c3cccc(Br)c3)c2C)C1=O. The molecule has 2 heterocycles. The van der Waals surface area contributed by atoms with Crippen LogP contribution in [0.3, 0.4) is 0 Å². The minimum atomic E-state index is -0.366. The number of benzene rings is 1. The summed E-state index contributed by atoms with van der Waals surface area (Å²) in [6.07, 6.45) is 1.74. The average molecular weight is 388 g/mol. The van der Waals surface area contributed by atoms with Crippen LogP contribution in [0.5, 0.6) is 0 Å². The summed E-state index contributed by atoms with van der Waals surface area (Å²) in [5.41, 5.74) is 4.34. The lowest BCUT2D eigenvalue weighted by atomic mass is 10.2. The molecule has 124 valence electrons. The Kier molecular flexibility index (Phi) is 4.32. The second kappa shape index (κ2) is 6.28. The van der Waals surface area contributed by atoms with E-state index in [1.165, 1.54) is 4.90 Å². The quantitative estimate of drug-likeness (QED) is 0.643. The van der Waals surface area contributed by atoms with Gasteiger partial charge in [-0.05, 0) is 56.7 Å². The summed E-state index contributed by atoms with van der Waals surface area (Å²) in [5, 5.41) is 2.64. The molecule has 1 fully saturated rings. The van der Waals surface area contributed by atoms with Crippen molar-refractivity contribution in [2.75, 3.05) is 6.54 Å². The minimum Gasteiger partial charge on any atom is -0.318 e. The topological polar surface area (TPSA) is 54.3 Å². The fraction of sp³-hybridized carbons (Fsp3) is 0.222. The molecule has 1 aliphatic rings. The van der Waals surface area contributed by atoms with Gasteiger partial charge in [0.1, 0.15) is 5.70 Å². The summed E-state index contributed by atoms with van der Waals surface area (Å²) in [6, 6.07) is 9.68. The van der Waals surface area contributed by atoms with Crippen molar-refractivity contribution in [3.05, 3.63) is 57.5 Å². The Morgan fingerprint density at radius 3 is 2.58 bits per heavy atom. The Labute approximate surface area is 149 Å². The third-order valence-electron chi connectivity index (χ3n) is 4.12. The Hall–Kier alpha value is -2.34. The highest BCUT2D eigenvalue weighted by Crippen LogP contribution is 2.25. The predicted molar refractivity (Wildman–Crippen MR) is 96.8 cm³/mol. The molecule has 5 nitrogen and oxygen atoms in total. The zero-order valence-corrected chi connectivity index (χ0v) is 15.3. The van der Waals surface area contributed by atoms with Crippen LogP contribution in [-0.2, 0) is 4.79 Å². The van der Waals surface area contributed by atoms with Gasteiger partial charge in [-0.1, -0.05) is 22.0 Å². The first-order valence-corrected chi connectivity index (χ1v) is 8.51. The number of imide groups is 1. The van der Waals surface area contributed by atoms with Gasteiger partial charge in [0.15, 0.2) is 0 Å². The summed E-state index contributed by atoms with van der Waals surface area (Å²) in [5.74, 6) is -0.283. The molecular weight excluding hydrogens is 370 g/mol. The number of aryl methyl sites for hydroxylation is 1. The van der Waals surface area contributed by atoms with E-state index in [1.54, 1.807) is 13.0 Å². The highest BCUT2D eigenvalue weighted by atomic mass is 79.9. The summed E-state index contributed by atoms with van der Waals surface area (Å²) in [7, 11) is 0. The molecule has 2 aromatic rings. The van der Waals surface area contributed by atoms with Gasteiger partial charge in [0, 0.05) is 28.1 Å². The molecule has 3 rings (SSSR count). The number of hydrogen-bond acceptors (Lipinski definition) is 2. The zero-order valence-electron chi connectivity index (χ0n) is 13.8. The molecule has 3 amide bonds. The van der Waals surface area contributed by atoms with Crippen LogP contribution >= 0.6 is 15.9 Å². The standard InChI is InChI=1S/C18H18BrN3O2/c1-4-21-17(23)16(20-18(21)24)9-13-8-11(2)22(12(13)3)15-7-5-6-14(19)10-15/h5-10H,4H2,1-3H3,(H,20,24)/b16-9+. The number of amides is 3. The number of likely N-dealkylation sites (N-methyl/N-ethyl adjacent to an activating group) is 1. The number of rotatable bonds is 3. The molecule has 0 unspecified atom stereocenters. The zero-order chi connectivity index (χ0) is 17.4. The smallest absolute Gasteiger partial charge is 0.318 e. The maximum atomic E-state index is 12.2. The van der Waals surface area contributed by atoms with E-state index in [4.69, 9.17) is 0 Å². The molecule has 1 aromatic carbocycles. The van der Waals surface area contributed by atoms with Crippen LogP contribution in [0.4, 0.5) is 4.79 Å². The molecule has 1 aliphatic heterocycles. The van der Waals surface area contributed by atoms with Gasteiger partial charge < -0.3 is 9.88 Å². The number of nitrogens with zero attached hydrogens (tertiary/aromatic N) is 2. The molecule has 0 bridgehead atoms. The third kappa shape index (κ3) is 2.78. The Bertz CT molecular complexity index is 867. The highest BCUT2D eigenvalue weighted by molar-refractivity contribution is 9.10. The first-order chi connectivity index (χ1) is 11.4. The second-order valence-corrected chi connectivity index (χ2v) is 6.60. The number of carbonyl (C=O) groups is 2. The Balaban J connectivity index is 2.03. The number of hydrogen-bond donors (Lipinski definition) is 1. The Morgan fingerprint density at radius 2 is 1.96 bits per heavy atom. The number of nitrogens with one attached hydrogen (secondary N) is 1. The molecule has 6 heteroatoms. The van der Waals surface area contributed by atoms with Gasteiger partial charge in [-0.15, -0.1) is 0 Å². The van der Waals surface area contributed by atoms with Crippen molar-refractivity contribution >= 4 is 33.9 Å². The van der Waals surface area contributed by atoms with Crippen molar-refractivity contribution in [3.8, 4) is 5.69 Å². The van der Waals surface area contributed by atoms with Gasteiger partial charge in [-0.2, -0.15) is 0 Å². The molecule has 1 N–H and O–H groups in total. The lowest BCUT2D eigenvalue weighted by Gasteiger charge is -2.10. The van der Waals surface area contributed by atoms with Crippen molar-refractivity contribution < 1.29 is 9.59 Å². The van der Waals surface area contributed by atoms with Crippen LogP contribution in [0.1, 0.15) is 23.9 Å². The van der Waals surface area contributed by atoms with E-state index in [1.807, 2.05) is 44.2 Å². The lowest BCUT2D eigenvalue weighted by Crippen LogP contribution is -2.30. The molecule has 0 aliphatic carbocycles. The first kappa shape index (κ1) is 16.5. The van der Waals surface area contributed by atoms with Crippen molar-refractivity contribution in [2.24, 2.45) is 0 Å². The van der Waals surface area contributed by atoms with Crippen LogP contribution in [0.15, 0.2) is 40.5 Å². The van der Waals surface area contributed by atoms with Crippen LogP contribution in [0.25, 0.3) is 11.8 Å². The fourth-order valence-corrected chi connectivity index (χ4v) is 3.35. The second-order valence-electron chi connectivity index (χ2n) is 5.68. The van der Waals surface area contributed by atoms with Crippen molar-refractivity contribution in [3.63, 3.8) is 0 Å². The fourth-order valence-electron chi connectivity index (χ4n) is 2.96. The summed E-state index contributed by atoms with van der Waals surface area (Å²) in [4.78, 5) is 25.2. The van der Waals surface area contributed by atoms with Gasteiger partial charge >= 0.3 is 6.03 Å². The lowest BCUT2D eigenvalue weighted by molar-refractivity contribution is -0.122. The maximum absolute atomic E-state index is 12.2. The van der Waals surface area contributed by atoms with E-state index >= 15 is 0 Å². The van der Waals surface area contributed by atoms with E-state index in [-0.39, 0.29) is 11.9 Å². The number of aromatic nitrogens is 1. The van der Waals surface area contributed by atoms with Crippen molar-refractivity contribution in [1.29, 1.82) is 0 Å². The molecular formula is C18H18BrN3O2. The van der Waals surface area contributed by atoms with E-state index in [0.29, 0.717) is 12.2 Å². The molecule has 1 saturated heterocycles. The van der Waals surface area contributed by atoms with Crippen LogP contribution in [0.2, 0.25) is 0 Å². The van der Waals surface area contributed by atoms with Crippen molar-refractivity contribution in [2.45, 2.75) is 20.8 Å². The van der Waals surface area contributed by atoms with E-state index in [0.717, 1.165) is 27.1 Å². The molecule has 0 spiro atoms. The van der Waals surface area contributed by atoms with Gasteiger partial charge in [-0.3, -0.25) is 9.69 Å². The normalized spacial score (nSPS) is 16.2. The van der Waals surface area contributed by atoms with Gasteiger partial charge in [0.25, 0.3) is 5.91 Å². The summed E-state index contributed by atoms with van der Waals surface area (Å²) in [6.45, 7) is 6.15. The first-order valence-electron chi connectivity index (χ1n) is 7.71. The van der Waals surface area contributed by atoms with Crippen molar-refractivity contribution in [1.82, 2.24) is 14.8 Å². The van der Waals surface area contributed by atoms with E-state index in [2.05, 4.69) is 25.8 Å². The number of halogens is 1. The van der Waals surface area contributed by atoms with Crippen LogP contribution in [-0.4, -0.2) is 28.0 Å². The summed E-state index contributed by atoms with van der Waals surface area (Å²) >= 11 is 3.49. The number of carbonyl (C=O) groups excluding carboxylic acids is 2. The molecule has 24 heavy (non-hydrogen) atoms. The highest BCUT2D eigenvalue weighted by Gasteiger charge is 2.32. The van der Waals surface area contributed by atoms with Gasteiger partial charge in [0.05, 0.1) is 0 Å². The Morgan fingerprint density at radius 1 is 1.21 bits per heavy atom. The average Bonchev–Trinajstić information content (AvgIpc) is 2.95. The van der Waals surface area contributed by atoms with E-state index in [9.17, 15) is 9.59 Å². The molecule has 0 atom stereocenters. The number of urea groups is 1. The molecule has 0 radical (unpaired) electrons. The van der Waals surface area contributed by atoms with Gasteiger partial charge in [0.2, 0.25) is 0 Å². The van der Waals surface area contributed by atoms with Gasteiger partial charge in [-0.25, -0.2) is 4.79 Å². The monoisotopic (exact) mass is 387 g/mol. The van der Waals surface area contributed by atoms with Crippen LogP contribution < -0.4 is 5.32 Å². The van der Waals surface area contributed by atoms with E-state index < -0.39 is 0 Å². The largest absolute Gasteiger partial charge is 0.328 e. The molecule has 1 aromatic heterocycles.